The number of aromatic nitrogens is 2. The van der Waals surface area contributed by atoms with Crippen LogP contribution in [0.4, 0.5) is 10.1 Å². The fourth-order valence-electron chi connectivity index (χ4n) is 2.06. The van der Waals surface area contributed by atoms with Gasteiger partial charge in [0, 0.05) is 0 Å². The van der Waals surface area contributed by atoms with E-state index in [1.807, 2.05) is 18.2 Å². The molecule has 26 heavy (non-hydrogen) atoms. The summed E-state index contributed by atoms with van der Waals surface area (Å²) < 4.78 is 24.3. The number of hydrogen-bond acceptors (Lipinski definition) is 5. The minimum atomic E-state index is -0.702. The zero-order valence-electron chi connectivity index (χ0n) is 13.9. The normalized spacial score (nSPS) is 11.5. The molecule has 1 amide bonds. The van der Waals surface area contributed by atoms with E-state index in [1.165, 1.54) is 24.5 Å². The summed E-state index contributed by atoms with van der Waals surface area (Å²) in [6.07, 6.45) is 2.04. The second-order valence-corrected chi connectivity index (χ2v) is 5.35. The minimum absolute atomic E-state index is 0.0224. The molecule has 2 aromatic carbocycles. The number of halogens is 1. The van der Waals surface area contributed by atoms with Gasteiger partial charge in [0.15, 0.2) is 17.7 Å². The van der Waals surface area contributed by atoms with Crippen LogP contribution in [-0.2, 0) is 4.79 Å². The van der Waals surface area contributed by atoms with Crippen LogP contribution in [0.15, 0.2) is 67.0 Å². The number of rotatable bonds is 6. The fourth-order valence-corrected chi connectivity index (χ4v) is 2.06. The molecule has 6 nitrogen and oxygen atoms in total. The Morgan fingerprint density at radius 2 is 1.69 bits per heavy atom. The molecule has 3 rings (SSSR count). The van der Waals surface area contributed by atoms with Gasteiger partial charge in [-0.15, -0.1) is 0 Å². The number of nitrogens with one attached hydrogen (secondary N) is 1. The number of hydrogen-bond donors (Lipinski definition) is 1. The molecule has 1 aromatic heterocycles. The fraction of sp³-hybridized carbons (Fsp3) is 0.105. The summed E-state index contributed by atoms with van der Waals surface area (Å²) in [6.45, 7) is 1.64. The van der Waals surface area contributed by atoms with E-state index in [4.69, 9.17) is 9.47 Å². The number of carbonyl (C=O) groups excluding carboxylic acids is 1. The highest BCUT2D eigenvalue weighted by Crippen LogP contribution is 2.21. The first kappa shape index (κ1) is 17.3. The molecule has 0 aliphatic heterocycles. The van der Waals surface area contributed by atoms with Crippen molar-refractivity contribution in [2.45, 2.75) is 13.0 Å². The molecule has 7 heteroatoms. The third-order valence-corrected chi connectivity index (χ3v) is 3.36. The summed E-state index contributed by atoms with van der Waals surface area (Å²) in [4.78, 5) is 20.1. The second kappa shape index (κ2) is 8.06. The number of carbonyl (C=O) groups is 1. The van der Waals surface area contributed by atoms with Gasteiger partial charge in [0.2, 0.25) is 0 Å². The molecule has 0 aliphatic carbocycles. The van der Waals surface area contributed by atoms with Crippen molar-refractivity contribution in [1.82, 2.24) is 9.97 Å². The molecular weight excluding hydrogens is 337 g/mol. The Labute approximate surface area is 149 Å². The summed E-state index contributed by atoms with van der Waals surface area (Å²) in [5, 5.41) is 2.65. The molecule has 132 valence electrons. The maximum Gasteiger partial charge on any atom is 0.322 e. The lowest BCUT2D eigenvalue weighted by atomic mass is 10.3. The third-order valence-electron chi connectivity index (χ3n) is 3.36. The Hall–Kier alpha value is -3.48. The van der Waals surface area contributed by atoms with Crippen LogP contribution < -0.4 is 14.8 Å². The quantitative estimate of drug-likeness (QED) is 0.729. The van der Waals surface area contributed by atoms with Crippen molar-refractivity contribution in [1.29, 1.82) is 0 Å². The highest BCUT2D eigenvalue weighted by atomic mass is 19.1. The van der Waals surface area contributed by atoms with Crippen molar-refractivity contribution in [2.75, 3.05) is 5.32 Å². The van der Waals surface area contributed by atoms with Crippen molar-refractivity contribution in [3.8, 4) is 17.5 Å². The first-order valence-electron chi connectivity index (χ1n) is 7.89. The van der Waals surface area contributed by atoms with Gasteiger partial charge < -0.3 is 14.8 Å². The zero-order chi connectivity index (χ0) is 18.4. The number of ether oxygens (including phenoxy) is 2. The summed E-state index contributed by atoms with van der Waals surface area (Å²) in [5.41, 5.74) is 0.374. The molecule has 0 spiro atoms. The molecule has 0 bridgehead atoms. The van der Waals surface area contributed by atoms with Crippen LogP contribution in [0.3, 0.4) is 0 Å². The topological polar surface area (TPSA) is 73.3 Å². The van der Waals surface area contributed by atoms with E-state index in [2.05, 4.69) is 15.3 Å². The predicted molar refractivity (Wildman–Crippen MR) is 93.7 cm³/mol. The first-order chi connectivity index (χ1) is 12.6. The van der Waals surface area contributed by atoms with Gasteiger partial charge in [0.1, 0.15) is 5.75 Å². The van der Waals surface area contributed by atoms with Gasteiger partial charge in [0.05, 0.1) is 18.1 Å². The van der Waals surface area contributed by atoms with Crippen LogP contribution in [0.2, 0.25) is 0 Å². The van der Waals surface area contributed by atoms with Crippen LogP contribution in [0.5, 0.6) is 17.5 Å². The molecule has 1 N–H and O–H groups in total. The Morgan fingerprint density at radius 1 is 1.04 bits per heavy atom. The minimum Gasteiger partial charge on any atom is -0.481 e. The molecule has 0 fully saturated rings. The lowest BCUT2D eigenvalue weighted by Gasteiger charge is -2.14. The third kappa shape index (κ3) is 4.54. The largest absolute Gasteiger partial charge is 0.481 e. The highest BCUT2D eigenvalue weighted by molar-refractivity contribution is 5.93. The standard InChI is InChI=1S/C19H16FN3O3/c1-13(25-15-7-3-2-4-8-15)18(24)23-14-11-21-19(22-12-14)26-17-10-6-5-9-16(17)20/h2-13H,1H3,(H,23,24). The van der Waals surface area contributed by atoms with Crippen LogP contribution in [0, 0.1) is 5.82 Å². The molecule has 1 atom stereocenters. The maximum absolute atomic E-state index is 13.5. The molecule has 1 heterocycles. The molecular formula is C19H16FN3O3. The summed E-state index contributed by atoms with van der Waals surface area (Å²) in [5.74, 6) is -0.241. The monoisotopic (exact) mass is 353 g/mol. The van der Waals surface area contributed by atoms with Crippen LogP contribution in [0.25, 0.3) is 0 Å². The maximum atomic E-state index is 13.5. The van der Waals surface area contributed by atoms with Crippen molar-refractivity contribution >= 4 is 11.6 Å². The Kier molecular flexibility index (Phi) is 5.38. The van der Waals surface area contributed by atoms with Crippen LogP contribution in [-0.4, -0.2) is 22.0 Å². The summed E-state index contributed by atoms with van der Waals surface area (Å²) >= 11 is 0. The molecule has 1 unspecified atom stereocenters. The van der Waals surface area contributed by atoms with E-state index < -0.39 is 11.9 Å². The van der Waals surface area contributed by atoms with Gasteiger partial charge in [-0.3, -0.25) is 4.79 Å². The number of para-hydroxylation sites is 2. The smallest absolute Gasteiger partial charge is 0.322 e. The second-order valence-electron chi connectivity index (χ2n) is 5.35. The summed E-state index contributed by atoms with van der Waals surface area (Å²) in [6, 6.07) is 15.0. The van der Waals surface area contributed by atoms with Gasteiger partial charge in [-0.1, -0.05) is 30.3 Å². The number of amides is 1. The van der Waals surface area contributed by atoms with Gasteiger partial charge in [-0.2, -0.15) is 0 Å². The average molecular weight is 353 g/mol. The molecule has 0 saturated carbocycles. The van der Waals surface area contributed by atoms with E-state index in [0.29, 0.717) is 11.4 Å². The zero-order valence-corrected chi connectivity index (χ0v) is 13.9. The van der Waals surface area contributed by atoms with Crippen molar-refractivity contribution in [3.05, 3.63) is 72.8 Å². The van der Waals surface area contributed by atoms with Crippen LogP contribution >= 0.6 is 0 Å². The average Bonchev–Trinajstić information content (AvgIpc) is 2.66. The molecule has 0 saturated heterocycles. The van der Waals surface area contributed by atoms with Gasteiger partial charge >= 0.3 is 6.01 Å². The van der Waals surface area contributed by atoms with E-state index >= 15 is 0 Å². The molecule has 0 aliphatic rings. The van der Waals surface area contributed by atoms with E-state index in [0.717, 1.165) is 0 Å². The van der Waals surface area contributed by atoms with E-state index in [1.54, 1.807) is 31.2 Å². The van der Waals surface area contributed by atoms with Gasteiger partial charge in [-0.05, 0) is 31.2 Å². The first-order valence-corrected chi connectivity index (χ1v) is 7.89. The number of anilines is 1. The van der Waals surface area contributed by atoms with Crippen LogP contribution in [0.1, 0.15) is 6.92 Å². The van der Waals surface area contributed by atoms with E-state index in [-0.39, 0.29) is 17.7 Å². The van der Waals surface area contributed by atoms with Gasteiger partial charge in [0.25, 0.3) is 5.91 Å². The lowest BCUT2D eigenvalue weighted by Crippen LogP contribution is -2.30. The number of nitrogens with zero attached hydrogens (tertiary/aromatic N) is 2. The molecule has 3 aromatic rings. The van der Waals surface area contributed by atoms with Crippen molar-refractivity contribution in [2.24, 2.45) is 0 Å². The Morgan fingerprint density at radius 3 is 2.38 bits per heavy atom. The van der Waals surface area contributed by atoms with Gasteiger partial charge in [-0.25, -0.2) is 14.4 Å². The summed E-state index contributed by atoms with van der Waals surface area (Å²) in [7, 11) is 0. The Balaban J connectivity index is 1.58. The predicted octanol–water partition coefficient (Wildman–Crippen LogP) is 3.81. The van der Waals surface area contributed by atoms with E-state index in [9.17, 15) is 9.18 Å². The van der Waals surface area contributed by atoms with Crippen molar-refractivity contribution in [3.63, 3.8) is 0 Å². The highest BCUT2D eigenvalue weighted by Gasteiger charge is 2.15. The Bertz CT molecular complexity index is 873. The lowest BCUT2D eigenvalue weighted by molar-refractivity contribution is -0.122. The SMILES string of the molecule is CC(Oc1ccccc1)C(=O)Nc1cnc(Oc2ccccc2F)nc1. The van der Waals surface area contributed by atoms with Crippen molar-refractivity contribution < 1.29 is 18.7 Å². The number of benzene rings is 2. The molecule has 0 radical (unpaired) electrons.